The van der Waals surface area contributed by atoms with Crippen LogP contribution in [-0.2, 0) is 0 Å². The smallest absolute Gasteiger partial charge is 0.0693 e. The molecule has 1 aliphatic carbocycles. The fraction of sp³-hybridized carbons (Fsp3) is 1.00. The van der Waals surface area contributed by atoms with Crippen LogP contribution in [0.15, 0.2) is 0 Å². The zero-order valence-electron chi connectivity index (χ0n) is 9.17. The molecule has 0 amide bonds. The van der Waals surface area contributed by atoms with Crippen LogP contribution in [0, 0.1) is 0 Å². The maximum Gasteiger partial charge on any atom is 0.0693 e. The van der Waals surface area contributed by atoms with Gasteiger partial charge in [-0.3, -0.25) is 0 Å². The molecule has 0 radical (unpaired) electrons. The lowest BCUT2D eigenvalue weighted by Gasteiger charge is -2.15. The van der Waals surface area contributed by atoms with Crippen molar-refractivity contribution >= 4 is 11.8 Å². The molecule has 3 heteroatoms. The first-order valence-electron chi connectivity index (χ1n) is 5.75. The Morgan fingerprint density at radius 1 is 1.29 bits per heavy atom. The summed E-state index contributed by atoms with van der Waals surface area (Å²) >= 11 is 1.92. The van der Waals surface area contributed by atoms with Crippen molar-refractivity contribution < 1.29 is 5.11 Å². The number of unbranched alkanes of at least 4 members (excludes halogenated alkanes) is 2. The summed E-state index contributed by atoms with van der Waals surface area (Å²) in [6.45, 7) is 1.08. The Morgan fingerprint density at radius 3 is 2.79 bits per heavy atom. The van der Waals surface area contributed by atoms with Gasteiger partial charge in [-0.25, -0.2) is 0 Å². The van der Waals surface area contributed by atoms with Crippen LogP contribution in [0.4, 0.5) is 0 Å². The van der Waals surface area contributed by atoms with Crippen LogP contribution < -0.4 is 5.32 Å². The predicted octanol–water partition coefficient (Wildman–Crippen LogP) is 2.02. The third kappa shape index (κ3) is 4.67. The lowest BCUT2D eigenvalue weighted by Crippen LogP contribution is -2.36. The Morgan fingerprint density at radius 2 is 2.14 bits per heavy atom. The molecule has 1 aliphatic rings. The van der Waals surface area contributed by atoms with E-state index in [9.17, 15) is 5.11 Å². The van der Waals surface area contributed by atoms with E-state index in [0.717, 1.165) is 19.4 Å². The second kappa shape index (κ2) is 7.55. The molecule has 14 heavy (non-hydrogen) atoms. The van der Waals surface area contributed by atoms with Gasteiger partial charge in [-0.05, 0) is 50.7 Å². The van der Waals surface area contributed by atoms with E-state index in [4.69, 9.17) is 0 Å². The molecule has 1 fully saturated rings. The topological polar surface area (TPSA) is 32.3 Å². The number of thioether (sulfide) groups is 1. The Labute approximate surface area is 91.9 Å². The quantitative estimate of drug-likeness (QED) is 0.640. The van der Waals surface area contributed by atoms with E-state index in [-0.39, 0.29) is 6.10 Å². The van der Waals surface area contributed by atoms with Crippen LogP contribution in [-0.4, -0.2) is 35.8 Å². The molecule has 84 valence electrons. The van der Waals surface area contributed by atoms with Gasteiger partial charge in [0.25, 0.3) is 0 Å². The molecule has 0 spiro atoms. The highest BCUT2D eigenvalue weighted by atomic mass is 32.2. The van der Waals surface area contributed by atoms with Gasteiger partial charge in [0.15, 0.2) is 0 Å². The summed E-state index contributed by atoms with van der Waals surface area (Å²) < 4.78 is 0. The first-order valence-corrected chi connectivity index (χ1v) is 7.14. The highest BCUT2D eigenvalue weighted by Gasteiger charge is 2.23. The van der Waals surface area contributed by atoms with E-state index in [1.807, 2.05) is 11.8 Å². The second-order valence-electron chi connectivity index (χ2n) is 4.11. The van der Waals surface area contributed by atoms with Gasteiger partial charge < -0.3 is 10.4 Å². The van der Waals surface area contributed by atoms with Crippen LogP contribution in [0.1, 0.15) is 38.5 Å². The molecule has 0 aliphatic heterocycles. The SMILES string of the molecule is CSCCCCCN[C@@H]1CCC[C@H]1O. The van der Waals surface area contributed by atoms with Crippen molar-refractivity contribution in [1.29, 1.82) is 0 Å². The summed E-state index contributed by atoms with van der Waals surface area (Å²) in [4.78, 5) is 0. The Hall–Kier alpha value is 0.270. The van der Waals surface area contributed by atoms with E-state index in [1.165, 1.54) is 31.4 Å². The molecule has 0 aromatic carbocycles. The van der Waals surface area contributed by atoms with E-state index in [0.29, 0.717) is 6.04 Å². The molecule has 1 saturated carbocycles. The molecule has 0 heterocycles. The fourth-order valence-electron chi connectivity index (χ4n) is 2.01. The molecule has 0 bridgehead atoms. The average molecular weight is 217 g/mol. The minimum absolute atomic E-state index is 0.0822. The Bertz CT molecular complexity index is 143. The van der Waals surface area contributed by atoms with E-state index >= 15 is 0 Å². The zero-order chi connectivity index (χ0) is 10.2. The number of nitrogens with one attached hydrogen (secondary N) is 1. The molecule has 2 N–H and O–H groups in total. The van der Waals surface area contributed by atoms with Crippen LogP contribution >= 0.6 is 11.8 Å². The van der Waals surface area contributed by atoms with Crippen molar-refractivity contribution in [1.82, 2.24) is 5.32 Å². The summed E-state index contributed by atoms with van der Waals surface area (Å²) in [6.07, 6.45) is 9.31. The van der Waals surface area contributed by atoms with Crippen molar-refractivity contribution in [2.75, 3.05) is 18.6 Å². The summed E-state index contributed by atoms with van der Waals surface area (Å²) in [6, 6.07) is 0.385. The zero-order valence-corrected chi connectivity index (χ0v) is 9.98. The third-order valence-corrected chi connectivity index (χ3v) is 3.61. The molecule has 0 saturated heterocycles. The molecule has 1 rings (SSSR count). The summed E-state index contributed by atoms with van der Waals surface area (Å²) in [7, 11) is 0. The fourth-order valence-corrected chi connectivity index (χ4v) is 2.51. The van der Waals surface area contributed by atoms with Gasteiger partial charge in [0.05, 0.1) is 6.10 Å². The van der Waals surface area contributed by atoms with Crippen molar-refractivity contribution in [3.05, 3.63) is 0 Å². The summed E-state index contributed by atoms with van der Waals surface area (Å²) in [5, 5.41) is 13.0. The maximum atomic E-state index is 9.56. The molecule has 0 unspecified atom stereocenters. The molecule has 0 aromatic rings. The number of rotatable bonds is 7. The van der Waals surface area contributed by atoms with Crippen molar-refractivity contribution in [2.45, 2.75) is 50.7 Å². The predicted molar refractivity (Wildman–Crippen MR) is 63.9 cm³/mol. The Balaban J connectivity index is 1.88. The minimum atomic E-state index is -0.0822. The van der Waals surface area contributed by atoms with Gasteiger partial charge >= 0.3 is 0 Å². The molecular formula is C11H23NOS. The Kier molecular flexibility index (Phi) is 6.65. The van der Waals surface area contributed by atoms with Crippen LogP contribution in [0.25, 0.3) is 0 Å². The van der Waals surface area contributed by atoms with Crippen molar-refractivity contribution in [3.63, 3.8) is 0 Å². The van der Waals surface area contributed by atoms with Gasteiger partial charge in [-0.15, -0.1) is 0 Å². The third-order valence-electron chi connectivity index (χ3n) is 2.91. The molecular weight excluding hydrogens is 194 g/mol. The number of aliphatic hydroxyl groups excluding tert-OH is 1. The number of hydrogen-bond donors (Lipinski definition) is 2. The van der Waals surface area contributed by atoms with Crippen molar-refractivity contribution in [2.24, 2.45) is 0 Å². The van der Waals surface area contributed by atoms with E-state index in [1.54, 1.807) is 0 Å². The summed E-state index contributed by atoms with van der Waals surface area (Å²) in [5.41, 5.74) is 0. The van der Waals surface area contributed by atoms with E-state index in [2.05, 4.69) is 11.6 Å². The standard InChI is InChI=1S/C11H23NOS/c1-14-9-4-2-3-8-12-10-6-5-7-11(10)13/h10-13H,2-9H2,1H3/t10-,11-/m1/s1. The molecule has 2 nitrogen and oxygen atoms in total. The monoisotopic (exact) mass is 217 g/mol. The van der Waals surface area contributed by atoms with Gasteiger partial charge in [-0.1, -0.05) is 6.42 Å². The first kappa shape index (κ1) is 12.3. The van der Waals surface area contributed by atoms with Crippen LogP contribution in [0.5, 0.6) is 0 Å². The minimum Gasteiger partial charge on any atom is -0.392 e. The average Bonchev–Trinajstić information content (AvgIpc) is 2.58. The van der Waals surface area contributed by atoms with Gasteiger partial charge in [-0.2, -0.15) is 11.8 Å². The number of hydrogen-bond acceptors (Lipinski definition) is 3. The maximum absolute atomic E-state index is 9.56. The van der Waals surface area contributed by atoms with Gasteiger partial charge in [0.2, 0.25) is 0 Å². The van der Waals surface area contributed by atoms with Crippen LogP contribution in [0.2, 0.25) is 0 Å². The van der Waals surface area contributed by atoms with Gasteiger partial charge in [0.1, 0.15) is 0 Å². The highest BCUT2D eigenvalue weighted by molar-refractivity contribution is 7.98. The van der Waals surface area contributed by atoms with E-state index < -0.39 is 0 Å². The number of aliphatic hydroxyl groups is 1. The molecule has 2 atom stereocenters. The highest BCUT2D eigenvalue weighted by Crippen LogP contribution is 2.18. The lowest BCUT2D eigenvalue weighted by atomic mass is 10.2. The molecule has 0 aromatic heterocycles. The largest absolute Gasteiger partial charge is 0.392 e. The normalized spacial score (nSPS) is 27.0. The second-order valence-corrected chi connectivity index (χ2v) is 5.10. The first-order chi connectivity index (χ1) is 6.84. The van der Waals surface area contributed by atoms with Gasteiger partial charge in [0, 0.05) is 6.04 Å². The summed E-state index contributed by atoms with van der Waals surface area (Å²) in [5.74, 6) is 1.28. The van der Waals surface area contributed by atoms with Crippen molar-refractivity contribution in [3.8, 4) is 0 Å². The van der Waals surface area contributed by atoms with Crippen LogP contribution in [0.3, 0.4) is 0 Å². The lowest BCUT2D eigenvalue weighted by molar-refractivity contribution is 0.149.